The van der Waals surface area contributed by atoms with Gasteiger partial charge < -0.3 is 0 Å². The standard InChI is InChI=1S/C40H24N2S/c1-2-11-26(12-3-1)40-42-36-23-28(20-21-37(36)43-40)33-24-34-38(31-15-7-6-14-30(31)33)32-16-8-9-17-35(32)41-39(34)29-19-18-25-10-4-5-13-27(25)22-29/h1-24H. The minimum absolute atomic E-state index is 1.01. The molecule has 0 saturated heterocycles. The number of pyridine rings is 1. The van der Waals surface area contributed by atoms with Crippen LogP contribution in [0.4, 0.5) is 0 Å². The molecule has 2 heterocycles. The van der Waals surface area contributed by atoms with Gasteiger partial charge in [-0.05, 0) is 63.0 Å². The lowest BCUT2D eigenvalue weighted by atomic mass is 9.89. The number of benzene rings is 7. The molecule has 0 amide bonds. The zero-order chi connectivity index (χ0) is 28.3. The highest BCUT2D eigenvalue weighted by molar-refractivity contribution is 7.21. The second kappa shape index (κ2) is 9.59. The predicted octanol–water partition coefficient (Wildman–Crippen LogP) is 11.3. The van der Waals surface area contributed by atoms with E-state index in [0.717, 1.165) is 43.8 Å². The van der Waals surface area contributed by atoms with Crippen molar-refractivity contribution < 1.29 is 0 Å². The van der Waals surface area contributed by atoms with E-state index < -0.39 is 0 Å². The summed E-state index contributed by atoms with van der Waals surface area (Å²) in [4.78, 5) is 10.4. The Bertz CT molecular complexity index is 2510. The summed E-state index contributed by atoms with van der Waals surface area (Å²) >= 11 is 1.74. The van der Waals surface area contributed by atoms with Crippen LogP contribution in [-0.4, -0.2) is 9.97 Å². The normalized spacial score (nSPS) is 11.7. The molecule has 0 spiro atoms. The molecule has 0 aliphatic rings. The first-order valence-corrected chi connectivity index (χ1v) is 15.3. The van der Waals surface area contributed by atoms with E-state index in [0.29, 0.717) is 0 Å². The third kappa shape index (κ3) is 3.93. The lowest BCUT2D eigenvalue weighted by molar-refractivity contribution is 1.43. The number of hydrogen-bond acceptors (Lipinski definition) is 3. The van der Waals surface area contributed by atoms with Crippen molar-refractivity contribution in [2.24, 2.45) is 0 Å². The number of hydrogen-bond donors (Lipinski definition) is 0. The van der Waals surface area contributed by atoms with Gasteiger partial charge in [-0.2, -0.15) is 0 Å². The van der Waals surface area contributed by atoms with E-state index in [4.69, 9.17) is 9.97 Å². The summed E-state index contributed by atoms with van der Waals surface area (Å²) in [5.41, 5.74) is 7.67. The number of nitrogens with zero attached hydrogens (tertiary/aromatic N) is 2. The van der Waals surface area contributed by atoms with Crippen molar-refractivity contribution in [2.45, 2.75) is 0 Å². The van der Waals surface area contributed by atoms with Crippen LogP contribution in [0.15, 0.2) is 146 Å². The SMILES string of the molecule is c1ccc(-c2nc3cc(-c4cc5c(-c6ccc7ccccc7c6)nc6ccccc6c5c5ccccc45)ccc3s2)cc1. The molecule has 0 aliphatic carbocycles. The number of fused-ring (bicyclic) bond motifs is 7. The molecule has 2 nitrogen and oxygen atoms in total. The summed E-state index contributed by atoms with van der Waals surface area (Å²) in [6.45, 7) is 0. The van der Waals surface area contributed by atoms with Gasteiger partial charge in [0, 0.05) is 27.3 Å². The van der Waals surface area contributed by atoms with E-state index in [-0.39, 0.29) is 0 Å². The van der Waals surface area contributed by atoms with Gasteiger partial charge in [0.05, 0.1) is 21.4 Å². The Kier molecular flexibility index (Phi) is 5.40. The van der Waals surface area contributed by atoms with E-state index in [1.807, 2.05) is 6.07 Å². The van der Waals surface area contributed by atoms with Crippen molar-refractivity contribution >= 4 is 64.8 Å². The van der Waals surface area contributed by atoms with Crippen molar-refractivity contribution in [3.05, 3.63) is 146 Å². The molecule has 200 valence electrons. The van der Waals surface area contributed by atoms with Crippen LogP contribution in [0.1, 0.15) is 0 Å². The first kappa shape index (κ1) is 24.2. The molecule has 0 N–H and O–H groups in total. The minimum Gasteiger partial charge on any atom is -0.247 e. The van der Waals surface area contributed by atoms with Crippen LogP contribution in [0.2, 0.25) is 0 Å². The fourth-order valence-electron chi connectivity index (χ4n) is 6.41. The quantitative estimate of drug-likeness (QED) is 0.199. The predicted molar refractivity (Wildman–Crippen MR) is 184 cm³/mol. The first-order valence-electron chi connectivity index (χ1n) is 14.5. The largest absolute Gasteiger partial charge is 0.247 e. The van der Waals surface area contributed by atoms with Gasteiger partial charge >= 0.3 is 0 Å². The monoisotopic (exact) mass is 564 g/mol. The van der Waals surface area contributed by atoms with Crippen LogP contribution >= 0.6 is 11.3 Å². The Morgan fingerprint density at radius 1 is 0.419 bits per heavy atom. The summed E-state index contributed by atoms with van der Waals surface area (Å²) in [7, 11) is 0. The number of para-hydroxylation sites is 1. The van der Waals surface area contributed by atoms with Crippen LogP contribution in [0.3, 0.4) is 0 Å². The highest BCUT2D eigenvalue weighted by Gasteiger charge is 2.17. The molecule has 43 heavy (non-hydrogen) atoms. The summed E-state index contributed by atoms with van der Waals surface area (Å²) in [5.74, 6) is 0. The summed E-state index contributed by atoms with van der Waals surface area (Å²) in [6, 6.07) is 52.0. The first-order chi connectivity index (χ1) is 21.3. The molecule has 0 radical (unpaired) electrons. The van der Waals surface area contributed by atoms with Crippen molar-refractivity contribution in [2.75, 3.05) is 0 Å². The van der Waals surface area contributed by atoms with E-state index in [9.17, 15) is 0 Å². The van der Waals surface area contributed by atoms with E-state index in [1.54, 1.807) is 11.3 Å². The van der Waals surface area contributed by atoms with Crippen molar-refractivity contribution in [1.82, 2.24) is 9.97 Å². The number of rotatable bonds is 3. The molecule has 9 aromatic rings. The Balaban J connectivity index is 1.35. The summed E-state index contributed by atoms with van der Waals surface area (Å²) in [5, 5.41) is 9.53. The Hall–Kier alpha value is -5.38. The van der Waals surface area contributed by atoms with Gasteiger partial charge in [-0.1, -0.05) is 115 Å². The zero-order valence-electron chi connectivity index (χ0n) is 23.2. The van der Waals surface area contributed by atoms with Gasteiger partial charge in [-0.15, -0.1) is 11.3 Å². The fourth-order valence-corrected chi connectivity index (χ4v) is 7.36. The average molecular weight is 565 g/mol. The van der Waals surface area contributed by atoms with Crippen molar-refractivity contribution in [3.8, 4) is 33.0 Å². The maximum atomic E-state index is 5.30. The molecule has 9 rings (SSSR count). The van der Waals surface area contributed by atoms with Crippen LogP contribution in [0, 0.1) is 0 Å². The maximum Gasteiger partial charge on any atom is 0.124 e. The highest BCUT2D eigenvalue weighted by atomic mass is 32.1. The topological polar surface area (TPSA) is 25.8 Å². The number of thiazole rings is 1. The maximum absolute atomic E-state index is 5.30. The number of aromatic nitrogens is 2. The molecule has 2 aromatic heterocycles. The zero-order valence-corrected chi connectivity index (χ0v) is 24.0. The molecular formula is C40H24N2S. The lowest BCUT2D eigenvalue weighted by Gasteiger charge is -2.16. The van der Waals surface area contributed by atoms with Crippen LogP contribution in [-0.2, 0) is 0 Å². The summed E-state index contributed by atoms with van der Waals surface area (Å²) in [6.07, 6.45) is 0. The highest BCUT2D eigenvalue weighted by Crippen LogP contribution is 2.43. The van der Waals surface area contributed by atoms with E-state index >= 15 is 0 Å². The Labute approximate surface area is 252 Å². The van der Waals surface area contributed by atoms with Gasteiger partial charge in [-0.3, -0.25) is 0 Å². The smallest absolute Gasteiger partial charge is 0.124 e. The summed E-state index contributed by atoms with van der Waals surface area (Å²) < 4.78 is 1.19. The van der Waals surface area contributed by atoms with Gasteiger partial charge in [-0.25, -0.2) is 9.97 Å². The van der Waals surface area contributed by atoms with Gasteiger partial charge in [0.25, 0.3) is 0 Å². The molecule has 0 atom stereocenters. The van der Waals surface area contributed by atoms with Crippen molar-refractivity contribution in [3.63, 3.8) is 0 Å². The van der Waals surface area contributed by atoms with Crippen LogP contribution in [0.5, 0.6) is 0 Å². The van der Waals surface area contributed by atoms with Gasteiger partial charge in [0.2, 0.25) is 0 Å². The fraction of sp³-hybridized carbons (Fsp3) is 0. The van der Waals surface area contributed by atoms with E-state index in [1.165, 1.54) is 42.6 Å². The molecular weight excluding hydrogens is 541 g/mol. The third-order valence-corrected chi connectivity index (χ3v) is 9.53. The van der Waals surface area contributed by atoms with Crippen molar-refractivity contribution in [1.29, 1.82) is 0 Å². The van der Waals surface area contributed by atoms with E-state index in [2.05, 4.69) is 140 Å². The Morgan fingerprint density at radius 2 is 1.14 bits per heavy atom. The lowest BCUT2D eigenvalue weighted by Crippen LogP contribution is -1.93. The molecule has 7 aromatic carbocycles. The van der Waals surface area contributed by atoms with Gasteiger partial charge in [0.15, 0.2) is 0 Å². The Morgan fingerprint density at radius 3 is 2.02 bits per heavy atom. The molecule has 0 saturated carbocycles. The molecule has 3 heteroatoms. The van der Waals surface area contributed by atoms with Gasteiger partial charge in [0.1, 0.15) is 5.01 Å². The molecule has 0 fully saturated rings. The average Bonchev–Trinajstić information content (AvgIpc) is 3.51. The minimum atomic E-state index is 1.01. The van der Waals surface area contributed by atoms with Crippen LogP contribution in [0.25, 0.3) is 86.4 Å². The van der Waals surface area contributed by atoms with Crippen LogP contribution < -0.4 is 0 Å². The molecule has 0 bridgehead atoms. The second-order valence-corrected chi connectivity index (χ2v) is 12.0. The molecule has 0 aliphatic heterocycles. The second-order valence-electron chi connectivity index (χ2n) is 11.0. The molecule has 0 unspecified atom stereocenters. The third-order valence-electron chi connectivity index (χ3n) is 8.45.